The molecule has 0 spiro atoms. The molecule has 22 heavy (non-hydrogen) atoms. The minimum absolute atomic E-state index is 0.0605. The molecular weight excluding hydrogens is 307 g/mol. The normalized spacial score (nSPS) is 11.6. The van der Waals surface area contributed by atoms with Gasteiger partial charge < -0.3 is 4.74 Å². The van der Waals surface area contributed by atoms with E-state index in [4.69, 9.17) is 4.74 Å². The third kappa shape index (κ3) is 3.82. The van der Waals surface area contributed by atoms with Crippen molar-refractivity contribution in [3.05, 3.63) is 59.4 Å². The molecule has 0 atom stereocenters. The lowest BCUT2D eigenvalue weighted by molar-refractivity contribution is 0.386. The summed E-state index contributed by atoms with van der Waals surface area (Å²) in [6, 6.07) is 10.5. The maximum absolute atomic E-state index is 13.3. The number of nitrogens with zero attached hydrogens (tertiary/aromatic N) is 1. The Morgan fingerprint density at radius 3 is 2.50 bits per heavy atom. The number of aryl methyl sites for hydroxylation is 1. The van der Waals surface area contributed by atoms with Crippen LogP contribution in [-0.4, -0.2) is 21.7 Å². The molecule has 116 valence electrons. The van der Waals surface area contributed by atoms with Gasteiger partial charge in [-0.2, -0.15) is 13.5 Å². The zero-order valence-corrected chi connectivity index (χ0v) is 12.9. The number of hydrogen-bond acceptors (Lipinski definition) is 4. The predicted molar refractivity (Wildman–Crippen MR) is 82.0 cm³/mol. The highest BCUT2D eigenvalue weighted by Gasteiger charge is 2.11. The number of rotatable bonds is 5. The number of nitrogens with one attached hydrogen (secondary N) is 1. The van der Waals surface area contributed by atoms with Crippen molar-refractivity contribution in [2.45, 2.75) is 11.8 Å². The van der Waals surface area contributed by atoms with Gasteiger partial charge in [0.05, 0.1) is 18.2 Å². The first kappa shape index (κ1) is 16.0. The number of halogens is 1. The summed E-state index contributed by atoms with van der Waals surface area (Å²) in [5.74, 6) is -0.440. The van der Waals surface area contributed by atoms with Crippen LogP contribution in [0.2, 0.25) is 0 Å². The molecule has 0 fully saturated rings. The molecule has 7 heteroatoms. The third-order valence-corrected chi connectivity index (χ3v) is 4.13. The predicted octanol–water partition coefficient (Wildman–Crippen LogP) is 2.46. The van der Waals surface area contributed by atoms with E-state index in [0.717, 1.165) is 5.56 Å². The average molecular weight is 322 g/mol. The number of ether oxygens (including phenoxy) is 1. The van der Waals surface area contributed by atoms with Gasteiger partial charge in [0.15, 0.2) is 11.6 Å². The summed E-state index contributed by atoms with van der Waals surface area (Å²) in [6.45, 7) is 1.86. The van der Waals surface area contributed by atoms with Crippen LogP contribution in [0, 0.1) is 12.7 Å². The van der Waals surface area contributed by atoms with Crippen molar-refractivity contribution in [1.82, 2.24) is 4.83 Å². The number of hydrogen-bond donors (Lipinski definition) is 1. The molecule has 0 aliphatic heterocycles. The highest BCUT2D eigenvalue weighted by atomic mass is 32.2. The lowest BCUT2D eigenvalue weighted by Crippen LogP contribution is -2.18. The van der Waals surface area contributed by atoms with Crippen LogP contribution in [-0.2, 0) is 10.0 Å². The Hall–Kier alpha value is -2.41. The molecule has 1 N–H and O–H groups in total. The molecule has 0 saturated heterocycles. The van der Waals surface area contributed by atoms with Gasteiger partial charge in [0.25, 0.3) is 10.0 Å². The van der Waals surface area contributed by atoms with E-state index in [-0.39, 0.29) is 10.6 Å². The van der Waals surface area contributed by atoms with E-state index in [0.29, 0.717) is 5.56 Å². The molecule has 0 bridgehead atoms. The van der Waals surface area contributed by atoms with E-state index in [9.17, 15) is 12.8 Å². The number of methoxy groups -OCH3 is 1. The smallest absolute Gasteiger partial charge is 0.276 e. The van der Waals surface area contributed by atoms with Gasteiger partial charge in [-0.1, -0.05) is 23.8 Å². The standard InChI is InChI=1S/C15H15FN2O3S/c1-11-3-6-13(7-4-11)22(19,20)18-17-10-12-5-8-14(16)15(9-12)21-2/h3-10,18H,1-2H3/b17-10+. The van der Waals surface area contributed by atoms with Crippen LogP contribution in [0.5, 0.6) is 5.75 Å². The first-order valence-corrected chi connectivity index (χ1v) is 7.86. The van der Waals surface area contributed by atoms with Crippen molar-refractivity contribution < 1.29 is 17.5 Å². The van der Waals surface area contributed by atoms with Crippen LogP contribution in [0.15, 0.2) is 52.5 Å². The molecule has 0 amide bonds. The van der Waals surface area contributed by atoms with Crippen molar-refractivity contribution >= 4 is 16.2 Å². The molecule has 2 rings (SSSR count). The Kier molecular flexibility index (Phi) is 4.77. The zero-order valence-electron chi connectivity index (χ0n) is 12.1. The fourth-order valence-electron chi connectivity index (χ4n) is 1.70. The minimum atomic E-state index is -3.72. The molecule has 0 unspecified atom stereocenters. The average Bonchev–Trinajstić information content (AvgIpc) is 2.49. The Labute approximate surface area is 128 Å². The largest absolute Gasteiger partial charge is 0.494 e. The second-order valence-electron chi connectivity index (χ2n) is 4.56. The summed E-state index contributed by atoms with van der Waals surface area (Å²) < 4.78 is 42.1. The van der Waals surface area contributed by atoms with E-state index < -0.39 is 15.8 Å². The number of hydrazone groups is 1. The molecule has 0 radical (unpaired) electrons. The van der Waals surface area contributed by atoms with Crippen LogP contribution in [0.1, 0.15) is 11.1 Å². The number of sulfonamides is 1. The third-order valence-electron chi connectivity index (χ3n) is 2.89. The van der Waals surface area contributed by atoms with Gasteiger partial charge in [-0.15, -0.1) is 0 Å². The lowest BCUT2D eigenvalue weighted by atomic mass is 10.2. The summed E-state index contributed by atoms with van der Waals surface area (Å²) in [5.41, 5.74) is 1.46. The fraction of sp³-hybridized carbons (Fsp3) is 0.133. The van der Waals surface area contributed by atoms with Gasteiger partial charge in [-0.3, -0.25) is 0 Å². The van der Waals surface area contributed by atoms with E-state index in [1.54, 1.807) is 12.1 Å². The van der Waals surface area contributed by atoms with Gasteiger partial charge in [0.2, 0.25) is 0 Å². The molecule has 0 heterocycles. The lowest BCUT2D eigenvalue weighted by Gasteiger charge is -2.04. The molecule has 0 aliphatic rings. The second-order valence-corrected chi connectivity index (χ2v) is 6.22. The Morgan fingerprint density at radius 1 is 1.18 bits per heavy atom. The summed E-state index contributed by atoms with van der Waals surface area (Å²) >= 11 is 0. The van der Waals surface area contributed by atoms with Gasteiger partial charge in [-0.25, -0.2) is 9.22 Å². The van der Waals surface area contributed by atoms with Gasteiger partial charge in [0, 0.05) is 0 Å². The molecular formula is C15H15FN2O3S. The zero-order chi connectivity index (χ0) is 16.2. The van der Waals surface area contributed by atoms with Gasteiger partial charge in [0.1, 0.15) is 0 Å². The Morgan fingerprint density at radius 2 is 1.86 bits per heavy atom. The highest BCUT2D eigenvalue weighted by molar-refractivity contribution is 7.89. The molecule has 0 aromatic heterocycles. The molecule has 0 saturated carbocycles. The van der Waals surface area contributed by atoms with Crippen molar-refractivity contribution in [1.29, 1.82) is 0 Å². The summed E-state index contributed by atoms with van der Waals surface area (Å²) in [4.78, 5) is 2.22. The van der Waals surface area contributed by atoms with Crippen molar-refractivity contribution in [2.24, 2.45) is 5.10 Å². The topological polar surface area (TPSA) is 67.8 Å². The van der Waals surface area contributed by atoms with Crippen molar-refractivity contribution in [3.63, 3.8) is 0 Å². The van der Waals surface area contributed by atoms with E-state index in [1.807, 2.05) is 6.92 Å². The second kappa shape index (κ2) is 6.57. The Balaban J connectivity index is 2.13. The van der Waals surface area contributed by atoms with Crippen LogP contribution in [0.4, 0.5) is 4.39 Å². The highest BCUT2D eigenvalue weighted by Crippen LogP contribution is 2.17. The van der Waals surface area contributed by atoms with E-state index in [1.165, 1.54) is 43.7 Å². The molecule has 2 aromatic rings. The maximum Gasteiger partial charge on any atom is 0.276 e. The first-order chi connectivity index (χ1) is 10.4. The van der Waals surface area contributed by atoms with E-state index >= 15 is 0 Å². The van der Waals surface area contributed by atoms with Crippen LogP contribution in [0.25, 0.3) is 0 Å². The van der Waals surface area contributed by atoms with E-state index in [2.05, 4.69) is 9.93 Å². The first-order valence-electron chi connectivity index (χ1n) is 6.37. The van der Waals surface area contributed by atoms with Crippen LogP contribution < -0.4 is 9.57 Å². The van der Waals surface area contributed by atoms with Crippen LogP contribution >= 0.6 is 0 Å². The Bertz CT molecular complexity index is 787. The number of benzene rings is 2. The van der Waals surface area contributed by atoms with Gasteiger partial charge >= 0.3 is 0 Å². The molecule has 5 nitrogen and oxygen atoms in total. The van der Waals surface area contributed by atoms with Crippen LogP contribution in [0.3, 0.4) is 0 Å². The summed E-state index contributed by atoms with van der Waals surface area (Å²) in [6.07, 6.45) is 1.27. The monoisotopic (exact) mass is 322 g/mol. The summed E-state index contributed by atoms with van der Waals surface area (Å²) in [7, 11) is -2.38. The fourth-order valence-corrected chi connectivity index (χ4v) is 2.49. The SMILES string of the molecule is COc1cc(/C=N/NS(=O)(=O)c2ccc(C)cc2)ccc1F. The maximum atomic E-state index is 13.3. The van der Waals surface area contributed by atoms with Gasteiger partial charge in [-0.05, 0) is 36.8 Å². The molecule has 2 aromatic carbocycles. The quantitative estimate of drug-likeness (QED) is 0.679. The summed E-state index contributed by atoms with van der Waals surface area (Å²) in [5, 5.41) is 3.68. The van der Waals surface area contributed by atoms with Crippen molar-refractivity contribution in [2.75, 3.05) is 7.11 Å². The van der Waals surface area contributed by atoms with Crippen molar-refractivity contribution in [3.8, 4) is 5.75 Å². The minimum Gasteiger partial charge on any atom is -0.494 e. The molecule has 0 aliphatic carbocycles.